The smallest absolute Gasteiger partial charge is 0.137 e. The highest BCUT2D eigenvalue weighted by atomic mass is 15.2. The summed E-state index contributed by atoms with van der Waals surface area (Å²) in [7, 11) is 0. The lowest BCUT2D eigenvalue weighted by Gasteiger charge is -2.35. The molecule has 1 fully saturated rings. The maximum absolute atomic E-state index is 4.72. The highest BCUT2D eigenvalue weighted by molar-refractivity contribution is 5.39. The van der Waals surface area contributed by atoms with E-state index in [0.29, 0.717) is 6.04 Å². The Kier molecular flexibility index (Phi) is 4.33. The van der Waals surface area contributed by atoms with Gasteiger partial charge in [0, 0.05) is 31.5 Å². The molecular weight excluding hydrogens is 248 g/mol. The molecule has 1 N–H and O–H groups in total. The summed E-state index contributed by atoms with van der Waals surface area (Å²) in [6.45, 7) is 6.50. The Morgan fingerprint density at radius 1 is 1.35 bits per heavy atom. The summed E-state index contributed by atoms with van der Waals surface area (Å²) in [5, 5.41) is 3.49. The van der Waals surface area contributed by atoms with E-state index in [9.17, 15) is 0 Å². The van der Waals surface area contributed by atoms with Crippen molar-refractivity contribution in [2.45, 2.75) is 38.8 Å². The third-order valence-corrected chi connectivity index (χ3v) is 4.16. The number of piperidine rings is 1. The van der Waals surface area contributed by atoms with Crippen molar-refractivity contribution in [3.63, 3.8) is 0 Å². The number of nitrogens with zero attached hydrogens (tertiary/aromatic N) is 3. The van der Waals surface area contributed by atoms with Crippen molar-refractivity contribution in [3.05, 3.63) is 36.3 Å². The zero-order valence-corrected chi connectivity index (χ0v) is 12.3. The van der Waals surface area contributed by atoms with Crippen LogP contribution in [0.2, 0.25) is 0 Å². The third kappa shape index (κ3) is 3.02. The van der Waals surface area contributed by atoms with E-state index in [-0.39, 0.29) is 0 Å². The molecule has 20 heavy (non-hydrogen) atoms. The zero-order chi connectivity index (χ0) is 13.8. The second-order valence-electron chi connectivity index (χ2n) is 5.63. The number of imidazole rings is 1. The summed E-state index contributed by atoms with van der Waals surface area (Å²) in [5.74, 6) is 0. The van der Waals surface area contributed by atoms with Gasteiger partial charge in [0.1, 0.15) is 5.65 Å². The van der Waals surface area contributed by atoms with Gasteiger partial charge in [0.05, 0.1) is 5.69 Å². The quantitative estimate of drug-likeness (QED) is 0.906. The number of pyridine rings is 1. The van der Waals surface area contributed by atoms with Crippen LogP contribution in [0.3, 0.4) is 0 Å². The predicted octanol–water partition coefficient (Wildman–Crippen LogP) is 2.30. The monoisotopic (exact) mass is 272 g/mol. The topological polar surface area (TPSA) is 32.6 Å². The number of rotatable bonds is 5. The largest absolute Gasteiger partial charge is 0.315 e. The number of hydrogen-bond acceptors (Lipinski definition) is 3. The molecule has 0 radical (unpaired) electrons. The molecule has 4 nitrogen and oxygen atoms in total. The number of likely N-dealkylation sites (tertiary alicyclic amines) is 1. The van der Waals surface area contributed by atoms with Gasteiger partial charge in [0.2, 0.25) is 0 Å². The van der Waals surface area contributed by atoms with Gasteiger partial charge in [-0.2, -0.15) is 0 Å². The predicted molar refractivity (Wildman–Crippen MR) is 81.8 cm³/mol. The van der Waals surface area contributed by atoms with Crippen molar-refractivity contribution >= 4 is 5.65 Å². The van der Waals surface area contributed by atoms with Crippen LogP contribution >= 0.6 is 0 Å². The van der Waals surface area contributed by atoms with Crippen LogP contribution in [0.1, 0.15) is 31.9 Å². The second kappa shape index (κ2) is 6.37. The highest BCUT2D eigenvalue weighted by Gasteiger charge is 2.22. The number of likely N-dealkylation sites (N-methyl/N-ethyl adjacent to an activating group) is 1. The Morgan fingerprint density at radius 2 is 2.30 bits per heavy atom. The molecule has 0 spiro atoms. The molecule has 0 aliphatic carbocycles. The van der Waals surface area contributed by atoms with Crippen LogP contribution < -0.4 is 5.32 Å². The van der Waals surface area contributed by atoms with Crippen LogP contribution in [-0.4, -0.2) is 40.0 Å². The van der Waals surface area contributed by atoms with Crippen LogP contribution in [0.15, 0.2) is 30.6 Å². The molecule has 2 aromatic rings. The molecule has 1 aliphatic heterocycles. The first-order chi connectivity index (χ1) is 9.86. The summed E-state index contributed by atoms with van der Waals surface area (Å²) < 4.78 is 2.11. The maximum Gasteiger partial charge on any atom is 0.137 e. The molecule has 2 aromatic heterocycles. The van der Waals surface area contributed by atoms with E-state index in [2.05, 4.69) is 40.0 Å². The number of aromatic nitrogens is 2. The molecule has 3 rings (SSSR count). The second-order valence-corrected chi connectivity index (χ2v) is 5.63. The molecule has 1 unspecified atom stereocenters. The van der Waals surface area contributed by atoms with Gasteiger partial charge in [-0.1, -0.05) is 19.4 Å². The number of hydrogen-bond donors (Lipinski definition) is 1. The Labute approximate surface area is 120 Å². The summed E-state index contributed by atoms with van der Waals surface area (Å²) in [6, 6.07) is 6.82. The molecule has 0 bridgehead atoms. The van der Waals surface area contributed by atoms with E-state index in [0.717, 1.165) is 25.3 Å². The average Bonchev–Trinajstić information content (AvgIpc) is 2.88. The Balaban J connectivity index is 1.70. The highest BCUT2D eigenvalue weighted by Crippen LogP contribution is 2.19. The zero-order valence-electron chi connectivity index (χ0n) is 12.3. The molecule has 1 saturated heterocycles. The lowest BCUT2D eigenvalue weighted by Crippen LogP contribution is -2.45. The molecular formula is C16H24N4. The van der Waals surface area contributed by atoms with Crippen molar-refractivity contribution in [2.24, 2.45) is 0 Å². The van der Waals surface area contributed by atoms with Gasteiger partial charge in [-0.05, 0) is 38.1 Å². The molecule has 1 atom stereocenters. The van der Waals surface area contributed by atoms with Crippen LogP contribution in [0.5, 0.6) is 0 Å². The Morgan fingerprint density at radius 3 is 3.15 bits per heavy atom. The molecule has 0 aromatic carbocycles. The van der Waals surface area contributed by atoms with Gasteiger partial charge in [-0.25, -0.2) is 4.98 Å². The van der Waals surface area contributed by atoms with E-state index in [1.54, 1.807) is 0 Å². The summed E-state index contributed by atoms with van der Waals surface area (Å²) in [5.41, 5.74) is 2.22. The summed E-state index contributed by atoms with van der Waals surface area (Å²) in [4.78, 5) is 7.31. The van der Waals surface area contributed by atoms with Crippen molar-refractivity contribution in [1.82, 2.24) is 19.6 Å². The molecule has 0 amide bonds. The van der Waals surface area contributed by atoms with E-state index in [1.807, 2.05) is 12.1 Å². The van der Waals surface area contributed by atoms with Crippen molar-refractivity contribution in [1.29, 1.82) is 0 Å². The normalized spacial score (nSPS) is 20.6. The van der Waals surface area contributed by atoms with Gasteiger partial charge in [0.25, 0.3) is 0 Å². The van der Waals surface area contributed by atoms with Crippen LogP contribution in [0.25, 0.3) is 5.65 Å². The molecule has 1 aliphatic rings. The molecule has 0 saturated carbocycles. The first kappa shape index (κ1) is 13.6. The lowest BCUT2D eigenvalue weighted by atomic mass is 10.0. The fourth-order valence-corrected chi connectivity index (χ4v) is 3.08. The minimum atomic E-state index is 0.661. The SMILES string of the molecule is CCNCC1CCCCN1Cc1cn2ccccc2n1. The van der Waals surface area contributed by atoms with E-state index >= 15 is 0 Å². The van der Waals surface area contributed by atoms with Gasteiger partial charge in [-0.15, -0.1) is 0 Å². The Hall–Kier alpha value is -1.39. The van der Waals surface area contributed by atoms with Crippen LogP contribution in [-0.2, 0) is 6.54 Å². The van der Waals surface area contributed by atoms with Gasteiger partial charge in [-0.3, -0.25) is 4.90 Å². The molecule has 4 heteroatoms. The fraction of sp³-hybridized carbons (Fsp3) is 0.562. The van der Waals surface area contributed by atoms with Crippen molar-refractivity contribution < 1.29 is 0 Å². The fourth-order valence-electron chi connectivity index (χ4n) is 3.08. The Bertz CT molecular complexity index is 515. The average molecular weight is 272 g/mol. The minimum absolute atomic E-state index is 0.661. The molecule has 108 valence electrons. The first-order valence-corrected chi connectivity index (χ1v) is 7.74. The first-order valence-electron chi connectivity index (χ1n) is 7.74. The summed E-state index contributed by atoms with van der Waals surface area (Å²) in [6.07, 6.45) is 8.21. The van der Waals surface area contributed by atoms with Crippen LogP contribution in [0.4, 0.5) is 0 Å². The number of nitrogens with one attached hydrogen (secondary N) is 1. The molecule has 3 heterocycles. The van der Waals surface area contributed by atoms with E-state index in [4.69, 9.17) is 4.98 Å². The lowest BCUT2D eigenvalue weighted by molar-refractivity contribution is 0.136. The van der Waals surface area contributed by atoms with Crippen molar-refractivity contribution in [3.8, 4) is 0 Å². The third-order valence-electron chi connectivity index (χ3n) is 4.16. The maximum atomic E-state index is 4.72. The van der Waals surface area contributed by atoms with Crippen molar-refractivity contribution in [2.75, 3.05) is 19.6 Å². The van der Waals surface area contributed by atoms with Crippen LogP contribution in [0, 0.1) is 0 Å². The van der Waals surface area contributed by atoms with Gasteiger partial charge < -0.3 is 9.72 Å². The van der Waals surface area contributed by atoms with E-state index in [1.165, 1.54) is 31.5 Å². The van der Waals surface area contributed by atoms with Gasteiger partial charge in [0.15, 0.2) is 0 Å². The summed E-state index contributed by atoms with van der Waals surface area (Å²) >= 11 is 0. The van der Waals surface area contributed by atoms with Gasteiger partial charge >= 0.3 is 0 Å². The number of fused-ring (bicyclic) bond motifs is 1. The minimum Gasteiger partial charge on any atom is -0.315 e. The van der Waals surface area contributed by atoms with E-state index < -0.39 is 0 Å². The standard InChI is InChI=1S/C16H24N4/c1-2-17-11-15-7-3-5-9-19(15)12-14-13-20-10-6-4-8-16(20)18-14/h4,6,8,10,13,15,17H,2-3,5,7,9,11-12H2,1H3.